The van der Waals surface area contributed by atoms with E-state index >= 15 is 0 Å². The summed E-state index contributed by atoms with van der Waals surface area (Å²) in [4.78, 5) is 19.7. The van der Waals surface area contributed by atoms with Crippen molar-refractivity contribution in [3.05, 3.63) is 74.6 Å². The summed E-state index contributed by atoms with van der Waals surface area (Å²) in [6.07, 6.45) is 11.8. The second-order valence-electron chi connectivity index (χ2n) is 9.72. The minimum atomic E-state index is 0.0271. The lowest BCUT2D eigenvalue weighted by atomic mass is 9.93. The van der Waals surface area contributed by atoms with E-state index in [9.17, 15) is 4.79 Å². The molecule has 2 aliphatic carbocycles. The van der Waals surface area contributed by atoms with Crippen molar-refractivity contribution in [3.63, 3.8) is 0 Å². The summed E-state index contributed by atoms with van der Waals surface area (Å²) in [5, 5.41) is 4.76. The predicted octanol–water partition coefficient (Wildman–Crippen LogP) is 7.68. The monoisotopic (exact) mass is 536 g/mol. The minimum Gasteiger partial charge on any atom is -0.493 e. The third-order valence-corrected chi connectivity index (χ3v) is 8.77. The molecule has 194 valence electrons. The summed E-state index contributed by atoms with van der Waals surface area (Å²) in [6, 6.07) is 13.6. The third kappa shape index (κ3) is 6.02. The van der Waals surface area contributed by atoms with Gasteiger partial charge in [0.1, 0.15) is 11.6 Å². The first kappa shape index (κ1) is 25.8. The van der Waals surface area contributed by atoms with Crippen LogP contribution >= 0.6 is 22.9 Å². The molecule has 7 heteroatoms. The summed E-state index contributed by atoms with van der Waals surface area (Å²) < 4.78 is 11.8. The first-order valence-electron chi connectivity index (χ1n) is 13.2. The van der Waals surface area contributed by atoms with E-state index < -0.39 is 0 Å². The van der Waals surface area contributed by atoms with Crippen LogP contribution in [0.15, 0.2) is 47.5 Å². The molecule has 1 aromatic heterocycles. The van der Waals surface area contributed by atoms with Crippen molar-refractivity contribution in [3.8, 4) is 11.5 Å². The van der Waals surface area contributed by atoms with Gasteiger partial charge in [0.15, 0.2) is 11.5 Å². The number of benzene rings is 2. The Balaban J connectivity index is 1.43. The minimum absolute atomic E-state index is 0.0271. The van der Waals surface area contributed by atoms with Crippen LogP contribution < -0.4 is 14.8 Å². The first-order valence-corrected chi connectivity index (χ1v) is 14.4. The highest BCUT2D eigenvalue weighted by Gasteiger charge is 2.27. The van der Waals surface area contributed by atoms with E-state index in [0.29, 0.717) is 23.1 Å². The average molecular weight is 537 g/mol. The lowest BCUT2D eigenvalue weighted by molar-refractivity contribution is 0.0927. The third-order valence-electron chi connectivity index (χ3n) is 7.20. The van der Waals surface area contributed by atoms with Gasteiger partial charge in [-0.2, -0.15) is 0 Å². The molecule has 5 nitrogen and oxygen atoms in total. The number of nitrogens with zero attached hydrogens (tertiary/aromatic N) is 1. The zero-order valence-corrected chi connectivity index (χ0v) is 22.8. The van der Waals surface area contributed by atoms with E-state index in [-0.39, 0.29) is 11.9 Å². The van der Waals surface area contributed by atoms with Gasteiger partial charge in [0, 0.05) is 33.3 Å². The van der Waals surface area contributed by atoms with Gasteiger partial charge in [-0.15, -0.1) is 11.3 Å². The Hall–Kier alpha value is -2.83. The molecule has 5 rings (SSSR count). The van der Waals surface area contributed by atoms with E-state index in [2.05, 4.69) is 5.32 Å². The van der Waals surface area contributed by atoms with Gasteiger partial charge in [0.05, 0.1) is 12.7 Å². The van der Waals surface area contributed by atoms with Crippen molar-refractivity contribution < 1.29 is 14.3 Å². The average Bonchev–Trinajstić information content (AvgIpc) is 3.30. The number of methoxy groups -OCH3 is 1. The number of carbonyl (C=O) groups excluding carboxylic acids is 1. The van der Waals surface area contributed by atoms with Crippen molar-refractivity contribution in [2.75, 3.05) is 7.11 Å². The SMILES string of the molecule is COc1cccc(C=Nc2sc3c(c2C(=O)NC2CCCCC2)CCCC3)c1OCc1ccccc1Cl. The molecule has 0 bridgehead atoms. The molecular formula is C30H33ClN2O3S. The number of rotatable bonds is 8. The van der Waals surface area contributed by atoms with Crippen LogP contribution in [0.2, 0.25) is 5.02 Å². The normalized spacial score (nSPS) is 15.9. The molecule has 37 heavy (non-hydrogen) atoms. The molecule has 1 amide bonds. The fourth-order valence-corrected chi connectivity index (χ4v) is 6.65. The standard InChI is InChI=1S/C30H33ClN2O3S/c1-35-25-16-9-11-20(28(25)36-19-21-10-5-7-15-24(21)31)18-32-30-27(23-14-6-8-17-26(23)37-30)29(34)33-22-12-3-2-4-13-22/h5,7,9-11,15-16,18,22H,2-4,6,8,12-14,17,19H2,1H3,(H,33,34). The Morgan fingerprint density at radius 2 is 1.89 bits per heavy atom. The number of ether oxygens (including phenoxy) is 2. The van der Waals surface area contributed by atoms with Gasteiger partial charge < -0.3 is 14.8 Å². The van der Waals surface area contributed by atoms with Gasteiger partial charge in [-0.25, -0.2) is 4.99 Å². The van der Waals surface area contributed by atoms with Gasteiger partial charge in [0.25, 0.3) is 5.91 Å². The molecule has 0 unspecified atom stereocenters. The Morgan fingerprint density at radius 1 is 1.08 bits per heavy atom. The quantitative estimate of drug-likeness (QED) is 0.300. The maximum absolute atomic E-state index is 13.5. The predicted molar refractivity (Wildman–Crippen MR) is 151 cm³/mol. The van der Waals surface area contributed by atoms with E-state index in [0.717, 1.165) is 60.2 Å². The number of hydrogen-bond acceptors (Lipinski definition) is 5. The Kier molecular flexibility index (Phi) is 8.47. The molecular weight excluding hydrogens is 504 g/mol. The number of fused-ring (bicyclic) bond motifs is 1. The lowest BCUT2D eigenvalue weighted by Crippen LogP contribution is -2.36. The van der Waals surface area contributed by atoms with Crippen LogP contribution in [0.4, 0.5) is 5.00 Å². The number of hydrogen-bond donors (Lipinski definition) is 1. The molecule has 0 aliphatic heterocycles. The fraction of sp³-hybridized carbons (Fsp3) is 0.400. The molecule has 2 aliphatic rings. The van der Waals surface area contributed by atoms with Gasteiger partial charge in [-0.1, -0.05) is 55.1 Å². The van der Waals surface area contributed by atoms with Gasteiger partial charge in [0.2, 0.25) is 0 Å². The number of nitrogens with one attached hydrogen (secondary N) is 1. The van der Waals surface area contributed by atoms with E-state index in [1.807, 2.05) is 42.5 Å². The molecule has 0 saturated heterocycles. The van der Waals surface area contributed by atoms with Gasteiger partial charge >= 0.3 is 0 Å². The summed E-state index contributed by atoms with van der Waals surface area (Å²) >= 11 is 7.99. The summed E-state index contributed by atoms with van der Waals surface area (Å²) in [7, 11) is 1.62. The van der Waals surface area contributed by atoms with Crippen LogP contribution in [0.1, 0.15) is 76.9 Å². The van der Waals surface area contributed by atoms with Crippen LogP contribution in [0.3, 0.4) is 0 Å². The number of aliphatic imine (C=N–C) groups is 1. The number of halogens is 1. The van der Waals surface area contributed by atoms with Crippen LogP contribution in [-0.4, -0.2) is 25.3 Å². The van der Waals surface area contributed by atoms with Crippen molar-refractivity contribution in [1.82, 2.24) is 5.32 Å². The molecule has 0 spiro atoms. The first-order chi connectivity index (χ1) is 18.1. The number of aryl methyl sites for hydroxylation is 1. The zero-order chi connectivity index (χ0) is 25.6. The Labute approximate surface area is 227 Å². The zero-order valence-electron chi connectivity index (χ0n) is 21.2. The number of thiophene rings is 1. The number of amides is 1. The van der Waals surface area contributed by atoms with Crippen molar-refractivity contribution in [2.24, 2.45) is 4.99 Å². The van der Waals surface area contributed by atoms with Crippen LogP contribution in [0.5, 0.6) is 11.5 Å². The highest BCUT2D eigenvalue weighted by Crippen LogP contribution is 2.40. The van der Waals surface area contributed by atoms with Gasteiger partial charge in [-0.3, -0.25) is 4.79 Å². The summed E-state index contributed by atoms with van der Waals surface area (Å²) in [6.45, 7) is 0.309. The molecule has 2 aromatic carbocycles. The van der Waals surface area contributed by atoms with E-state index in [1.165, 1.54) is 29.7 Å². The Bertz CT molecular complexity index is 1280. The molecule has 1 fully saturated rings. The topological polar surface area (TPSA) is 59.9 Å². The van der Waals surface area contributed by atoms with Crippen LogP contribution in [0.25, 0.3) is 0 Å². The second kappa shape index (κ2) is 12.1. The largest absolute Gasteiger partial charge is 0.493 e. The molecule has 0 radical (unpaired) electrons. The summed E-state index contributed by atoms with van der Waals surface area (Å²) in [5.74, 6) is 1.25. The highest BCUT2D eigenvalue weighted by atomic mass is 35.5. The van der Waals surface area contributed by atoms with Gasteiger partial charge in [-0.05, 0) is 62.3 Å². The smallest absolute Gasteiger partial charge is 0.254 e. The van der Waals surface area contributed by atoms with Crippen LogP contribution in [0, 0.1) is 0 Å². The number of para-hydroxylation sites is 1. The second-order valence-corrected chi connectivity index (χ2v) is 11.2. The van der Waals surface area contributed by atoms with Crippen LogP contribution in [-0.2, 0) is 19.4 Å². The van der Waals surface area contributed by atoms with Crippen molar-refractivity contribution >= 4 is 40.1 Å². The molecule has 1 N–H and O–H groups in total. The van der Waals surface area contributed by atoms with Crippen molar-refractivity contribution in [1.29, 1.82) is 0 Å². The van der Waals surface area contributed by atoms with E-state index in [4.69, 9.17) is 26.1 Å². The number of carbonyl (C=O) groups is 1. The van der Waals surface area contributed by atoms with Crippen molar-refractivity contribution in [2.45, 2.75) is 70.4 Å². The summed E-state index contributed by atoms with van der Waals surface area (Å²) in [5.41, 5.74) is 3.64. The molecule has 1 heterocycles. The maximum Gasteiger partial charge on any atom is 0.254 e. The maximum atomic E-state index is 13.5. The fourth-order valence-electron chi connectivity index (χ4n) is 5.22. The Morgan fingerprint density at radius 3 is 2.70 bits per heavy atom. The molecule has 1 saturated carbocycles. The highest BCUT2D eigenvalue weighted by molar-refractivity contribution is 7.16. The molecule has 3 aromatic rings. The lowest BCUT2D eigenvalue weighted by Gasteiger charge is -2.23. The molecule has 0 atom stereocenters. The van der Waals surface area contributed by atoms with E-state index in [1.54, 1.807) is 24.7 Å².